The molecule has 23 heavy (non-hydrogen) atoms. The Morgan fingerprint density at radius 3 is 2.04 bits per heavy atom. The summed E-state index contributed by atoms with van der Waals surface area (Å²) in [4.78, 5) is 4.54. The Morgan fingerprint density at radius 1 is 0.870 bits per heavy atom. The predicted molar refractivity (Wildman–Crippen MR) is 93.2 cm³/mol. The number of hydrogen-bond acceptors (Lipinski definition) is 2. The normalized spacial score (nSPS) is 14.9. The molecule has 0 bridgehead atoms. The van der Waals surface area contributed by atoms with Gasteiger partial charge in [-0.3, -0.25) is 4.98 Å². The van der Waals surface area contributed by atoms with Crippen molar-refractivity contribution in [2.24, 2.45) is 0 Å². The van der Waals surface area contributed by atoms with Gasteiger partial charge in [0.1, 0.15) is 5.60 Å². The van der Waals surface area contributed by atoms with Crippen molar-refractivity contribution in [2.75, 3.05) is 0 Å². The van der Waals surface area contributed by atoms with Crippen LogP contribution in [0.5, 0.6) is 0 Å². The van der Waals surface area contributed by atoms with Crippen molar-refractivity contribution in [2.45, 2.75) is 24.9 Å². The minimum absolute atomic E-state index is 0.211. The molecule has 0 aliphatic rings. The van der Waals surface area contributed by atoms with Crippen LogP contribution in [0.15, 0.2) is 85.1 Å². The molecule has 0 spiro atoms. The zero-order valence-electron chi connectivity index (χ0n) is 13.3. The van der Waals surface area contributed by atoms with Crippen molar-refractivity contribution in [3.63, 3.8) is 0 Å². The van der Waals surface area contributed by atoms with E-state index in [1.165, 1.54) is 0 Å². The van der Waals surface area contributed by atoms with Crippen molar-refractivity contribution < 1.29 is 5.11 Å². The quantitative estimate of drug-likeness (QED) is 0.752. The Kier molecular flexibility index (Phi) is 4.54. The molecule has 2 atom stereocenters. The Balaban J connectivity index is 2.18. The highest BCUT2D eigenvalue weighted by molar-refractivity contribution is 5.37. The summed E-state index contributed by atoms with van der Waals surface area (Å²) in [5.41, 5.74) is 1.87. The second-order valence-corrected chi connectivity index (χ2v) is 5.74. The first-order valence-corrected chi connectivity index (χ1v) is 7.99. The summed E-state index contributed by atoms with van der Waals surface area (Å²) in [5, 5.41) is 11.6. The first-order chi connectivity index (χ1) is 11.3. The average molecular weight is 303 g/mol. The number of aromatic nitrogens is 1. The van der Waals surface area contributed by atoms with Gasteiger partial charge in [-0.25, -0.2) is 0 Å². The SMILES string of the molecule is CC[C@](O)(c1ccccc1)[C@H](c1ccccc1)c1ccccn1. The van der Waals surface area contributed by atoms with Crippen molar-refractivity contribution >= 4 is 0 Å². The highest BCUT2D eigenvalue weighted by Crippen LogP contribution is 2.43. The van der Waals surface area contributed by atoms with Gasteiger partial charge in [0.15, 0.2) is 0 Å². The topological polar surface area (TPSA) is 33.1 Å². The van der Waals surface area contributed by atoms with Gasteiger partial charge in [0.2, 0.25) is 0 Å². The third kappa shape index (κ3) is 3.03. The lowest BCUT2D eigenvalue weighted by Crippen LogP contribution is -2.34. The van der Waals surface area contributed by atoms with Gasteiger partial charge in [0.25, 0.3) is 0 Å². The lowest BCUT2D eigenvalue weighted by Gasteiger charge is -2.36. The van der Waals surface area contributed by atoms with E-state index in [0.29, 0.717) is 6.42 Å². The van der Waals surface area contributed by atoms with Crippen LogP contribution in [0.1, 0.15) is 36.1 Å². The van der Waals surface area contributed by atoms with Gasteiger partial charge in [-0.2, -0.15) is 0 Å². The fourth-order valence-corrected chi connectivity index (χ4v) is 3.19. The molecule has 0 unspecified atom stereocenters. The van der Waals surface area contributed by atoms with E-state index in [2.05, 4.69) is 17.1 Å². The maximum absolute atomic E-state index is 11.6. The third-order valence-corrected chi connectivity index (χ3v) is 4.41. The Bertz CT molecular complexity index is 688. The first kappa shape index (κ1) is 15.4. The number of hydrogen-bond donors (Lipinski definition) is 1. The van der Waals surface area contributed by atoms with E-state index >= 15 is 0 Å². The molecule has 0 amide bonds. The minimum atomic E-state index is -1.00. The monoisotopic (exact) mass is 303 g/mol. The summed E-state index contributed by atoms with van der Waals surface area (Å²) in [7, 11) is 0. The van der Waals surface area contributed by atoms with Gasteiger partial charge >= 0.3 is 0 Å². The fourth-order valence-electron chi connectivity index (χ4n) is 3.19. The summed E-state index contributed by atoms with van der Waals surface area (Å²) in [6.45, 7) is 2.02. The molecule has 2 heteroatoms. The lowest BCUT2D eigenvalue weighted by molar-refractivity contribution is 0.0139. The molecule has 0 aliphatic carbocycles. The van der Waals surface area contributed by atoms with E-state index in [1.54, 1.807) is 6.20 Å². The summed E-state index contributed by atoms with van der Waals surface area (Å²) in [6.07, 6.45) is 2.39. The molecule has 0 saturated heterocycles. The van der Waals surface area contributed by atoms with Gasteiger partial charge in [-0.05, 0) is 29.7 Å². The molecular formula is C21H21NO. The largest absolute Gasteiger partial charge is 0.384 e. The van der Waals surface area contributed by atoms with Gasteiger partial charge in [0, 0.05) is 6.20 Å². The lowest BCUT2D eigenvalue weighted by atomic mass is 9.74. The molecule has 2 nitrogen and oxygen atoms in total. The number of pyridine rings is 1. The smallest absolute Gasteiger partial charge is 0.102 e. The van der Waals surface area contributed by atoms with Gasteiger partial charge in [0.05, 0.1) is 11.6 Å². The molecule has 3 rings (SSSR count). The molecule has 0 radical (unpaired) electrons. The molecule has 0 fully saturated rings. The van der Waals surface area contributed by atoms with Crippen molar-refractivity contribution in [1.29, 1.82) is 0 Å². The molecular weight excluding hydrogens is 282 g/mol. The van der Waals surface area contributed by atoms with Crippen LogP contribution in [-0.4, -0.2) is 10.1 Å². The maximum Gasteiger partial charge on any atom is 0.102 e. The summed E-state index contributed by atoms with van der Waals surface area (Å²) >= 11 is 0. The van der Waals surface area contributed by atoms with E-state index in [1.807, 2.05) is 73.7 Å². The van der Waals surface area contributed by atoms with E-state index in [-0.39, 0.29) is 5.92 Å². The van der Waals surface area contributed by atoms with E-state index in [9.17, 15) is 5.11 Å². The standard InChI is InChI=1S/C21H21NO/c1-2-21(23,18-13-7-4-8-14-18)20(17-11-5-3-6-12-17)19-15-9-10-16-22-19/h3-16,20,23H,2H2,1H3/t20-,21+/m1/s1. The van der Waals surface area contributed by atoms with Crippen LogP contribution in [0.25, 0.3) is 0 Å². The number of aliphatic hydroxyl groups is 1. The zero-order chi connectivity index (χ0) is 16.1. The number of nitrogens with zero attached hydrogens (tertiary/aromatic N) is 1. The fraction of sp³-hybridized carbons (Fsp3) is 0.190. The summed E-state index contributed by atoms with van der Waals surface area (Å²) in [5.74, 6) is -0.211. The second-order valence-electron chi connectivity index (χ2n) is 5.74. The molecule has 2 aromatic carbocycles. The third-order valence-electron chi connectivity index (χ3n) is 4.41. The van der Waals surface area contributed by atoms with Gasteiger partial charge in [-0.15, -0.1) is 0 Å². The Hall–Kier alpha value is -2.45. The molecule has 116 valence electrons. The molecule has 3 aromatic rings. The molecule has 0 saturated carbocycles. The second kappa shape index (κ2) is 6.76. The zero-order valence-corrected chi connectivity index (χ0v) is 13.3. The van der Waals surface area contributed by atoms with Gasteiger partial charge in [-0.1, -0.05) is 73.7 Å². The van der Waals surface area contributed by atoms with Crippen LogP contribution in [0.3, 0.4) is 0 Å². The van der Waals surface area contributed by atoms with Crippen molar-refractivity contribution in [3.8, 4) is 0 Å². The van der Waals surface area contributed by atoms with Crippen molar-refractivity contribution in [3.05, 3.63) is 102 Å². The first-order valence-electron chi connectivity index (χ1n) is 7.99. The van der Waals surface area contributed by atoms with Crippen LogP contribution in [0, 0.1) is 0 Å². The molecule has 1 N–H and O–H groups in total. The van der Waals surface area contributed by atoms with E-state index in [4.69, 9.17) is 0 Å². The van der Waals surface area contributed by atoms with E-state index in [0.717, 1.165) is 16.8 Å². The molecule has 1 aromatic heterocycles. The summed E-state index contributed by atoms with van der Waals surface area (Å²) < 4.78 is 0. The van der Waals surface area contributed by atoms with Crippen LogP contribution in [0.2, 0.25) is 0 Å². The van der Waals surface area contributed by atoms with Crippen LogP contribution in [0.4, 0.5) is 0 Å². The Morgan fingerprint density at radius 2 is 1.48 bits per heavy atom. The maximum atomic E-state index is 11.6. The predicted octanol–water partition coefficient (Wildman–Crippen LogP) is 4.51. The number of rotatable bonds is 5. The van der Waals surface area contributed by atoms with Crippen LogP contribution >= 0.6 is 0 Å². The summed E-state index contributed by atoms with van der Waals surface area (Å²) in [6, 6.07) is 25.9. The van der Waals surface area contributed by atoms with Crippen LogP contribution in [-0.2, 0) is 5.60 Å². The highest BCUT2D eigenvalue weighted by Gasteiger charge is 2.39. The highest BCUT2D eigenvalue weighted by atomic mass is 16.3. The average Bonchev–Trinajstić information content (AvgIpc) is 2.64. The van der Waals surface area contributed by atoms with Gasteiger partial charge < -0.3 is 5.11 Å². The van der Waals surface area contributed by atoms with E-state index < -0.39 is 5.60 Å². The van der Waals surface area contributed by atoms with Crippen LogP contribution < -0.4 is 0 Å². The minimum Gasteiger partial charge on any atom is -0.384 e. The Labute approximate surface area is 137 Å². The molecule has 1 heterocycles. The number of benzene rings is 2. The van der Waals surface area contributed by atoms with Crippen molar-refractivity contribution in [1.82, 2.24) is 4.98 Å². The molecule has 0 aliphatic heterocycles.